The molecule has 5 rings (SSSR count). The molecule has 3 aromatic rings. The van der Waals surface area contributed by atoms with Crippen LogP contribution in [0.1, 0.15) is 37.9 Å². The highest BCUT2D eigenvalue weighted by Gasteiger charge is 2.59. The number of hydrogen-bond donors (Lipinski definition) is 0. The molecule has 0 N–H and O–H groups in total. The van der Waals surface area contributed by atoms with Gasteiger partial charge in [-0.1, -0.05) is 80.0 Å². The van der Waals surface area contributed by atoms with Gasteiger partial charge in [0.25, 0.3) is 17.7 Å². The van der Waals surface area contributed by atoms with Crippen molar-refractivity contribution in [1.29, 1.82) is 0 Å². The zero-order chi connectivity index (χ0) is 26.9. The fourth-order valence-corrected chi connectivity index (χ4v) is 6.18. The molecule has 2 aliphatic heterocycles. The molecule has 0 saturated carbocycles. The Morgan fingerprint density at radius 2 is 1.38 bits per heavy atom. The van der Waals surface area contributed by atoms with E-state index < -0.39 is 29.8 Å². The molecule has 2 atom stereocenters. The lowest BCUT2D eigenvalue weighted by atomic mass is 9.85. The van der Waals surface area contributed by atoms with E-state index in [-0.39, 0.29) is 31.2 Å². The summed E-state index contributed by atoms with van der Waals surface area (Å²) in [6.07, 6.45) is 0. The maximum Gasteiger partial charge on any atom is 0.264 e. The number of halogens is 6. The van der Waals surface area contributed by atoms with Crippen molar-refractivity contribution in [2.24, 2.45) is 0 Å². The van der Waals surface area contributed by atoms with E-state index in [1.807, 2.05) is 6.92 Å². The molecule has 0 spiro atoms. The minimum atomic E-state index is -1.24. The van der Waals surface area contributed by atoms with Crippen molar-refractivity contribution in [2.75, 3.05) is 12.0 Å². The van der Waals surface area contributed by atoms with Crippen LogP contribution in [0.15, 0.2) is 40.9 Å². The zero-order valence-corrected chi connectivity index (χ0v) is 24.3. The number of nitrogens with zero attached hydrogens (tertiary/aromatic N) is 2. The molecular weight excluding hydrogens is 649 g/mol. The minimum Gasteiger partial charge on any atom is -0.496 e. The Morgan fingerprint density at radius 3 is 1.92 bits per heavy atom. The van der Waals surface area contributed by atoms with Crippen LogP contribution in [-0.4, -0.2) is 35.8 Å². The van der Waals surface area contributed by atoms with Gasteiger partial charge in [-0.05, 0) is 42.8 Å². The van der Waals surface area contributed by atoms with Crippen molar-refractivity contribution >= 4 is 97.3 Å². The first-order chi connectivity index (χ1) is 17.5. The second kappa shape index (κ2) is 9.63. The number of ether oxygens (including phenoxy) is 1. The molecule has 190 valence electrons. The van der Waals surface area contributed by atoms with Crippen LogP contribution in [0.2, 0.25) is 25.1 Å². The Kier molecular flexibility index (Phi) is 6.92. The monoisotopic (exact) mass is 660 g/mol. The average molecular weight is 664 g/mol. The lowest BCUT2D eigenvalue weighted by Gasteiger charge is -2.50. The standard InChI is InChI=1S/C25H14BrCl5N2O4/c1-9-3-5-11(8-13(9)27)32-21(12-7-10(26)4-6-14(12)37-2)22(25(32)36)33-23(34)15-16(24(33)35)18(29)20(31)19(30)17(15)28/h3-8,21-22H,1-2H3/t21-,22-/m0/s1. The molecule has 3 aromatic carbocycles. The number of carbonyl (C=O) groups excluding carboxylic acids is 3. The van der Waals surface area contributed by atoms with E-state index in [0.29, 0.717) is 26.5 Å². The quantitative estimate of drug-likeness (QED) is 0.124. The molecule has 0 aromatic heterocycles. The third-order valence-corrected chi connectivity index (χ3v) is 9.12. The predicted molar refractivity (Wildman–Crippen MR) is 148 cm³/mol. The molecule has 1 saturated heterocycles. The summed E-state index contributed by atoms with van der Waals surface area (Å²) in [4.78, 5) is 43.2. The van der Waals surface area contributed by atoms with E-state index >= 15 is 0 Å². The number of anilines is 1. The van der Waals surface area contributed by atoms with E-state index in [9.17, 15) is 14.4 Å². The molecule has 3 amide bonds. The minimum absolute atomic E-state index is 0.156. The predicted octanol–water partition coefficient (Wildman–Crippen LogP) is 7.79. The normalized spacial score (nSPS) is 18.9. The molecule has 37 heavy (non-hydrogen) atoms. The molecule has 0 aliphatic carbocycles. The molecule has 1 fully saturated rings. The highest BCUT2D eigenvalue weighted by Crippen LogP contribution is 2.50. The second-order valence-corrected chi connectivity index (χ2v) is 11.2. The summed E-state index contributed by atoms with van der Waals surface area (Å²) < 4.78 is 6.27. The first-order valence-corrected chi connectivity index (χ1v) is 13.3. The number of amides is 3. The first-order valence-electron chi connectivity index (χ1n) is 10.7. The second-order valence-electron chi connectivity index (χ2n) is 8.40. The molecule has 2 heterocycles. The fourth-order valence-electron chi connectivity index (χ4n) is 4.61. The molecule has 12 heteroatoms. The largest absolute Gasteiger partial charge is 0.496 e. The van der Waals surface area contributed by atoms with Crippen molar-refractivity contribution in [2.45, 2.75) is 19.0 Å². The Balaban J connectivity index is 1.68. The molecule has 0 radical (unpaired) electrons. The Morgan fingerprint density at radius 1 is 0.784 bits per heavy atom. The number of benzene rings is 3. The molecule has 2 aliphatic rings. The SMILES string of the molecule is COc1ccc(Br)cc1[C@H]1[C@H](N2C(=O)c3c(Cl)c(Cl)c(Cl)c(Cl)c3C2=O)C(=O)N1c1ccc(C)c(Cl)c1. The summed E-state index contributed by atoms with van der Waals surface area (Å²) in [6.45, 7) is 1.84. The van der Waals surface area contributed by atoms with Gasteiger partial charge in [0.05, 0.1) is 44.4 Å². The van der Waals surface area contributed by atoms with Gasteiger partial charge in [0.1, 0.15) is 11.8 Å². The molecule has 6 nitrogen and oxygen atoms in total. The highest BCUT2D eigenvalue weighted by molar-refractivity contribution is 9.10. The van der Waals surface area contributed by atoms with Crippen LogP contribution in [0.5, 0.6) is 5.75 Å². The number of β-lactam (4-membered cyclic amide) rings is 1. The lowest BCUT2D eigenvalue weighted by molar-refractivity contribution is -0.130. The fraction of sp³-hybridized carbons (Fsp3) is 0.160. The average Bonchev–Trinajstić information content (AvgIpc) is 3.12. The molecule has 0 unspecified atom stereocenters. The Hall–Kier alpha value is -2.00. The van der Waals surface area contributed by atoms with Crippen molar-refractivity contribution in [1.82, 2.24) is 4.90 Å². The summed E-state index contributed by atoms with van der Waals surface area (Å²) in [5, 5.41) is -0.278. The van der Waals surface area contributed by atoms with Gasteiger partial charge in [-0.25, -0.2) is 0 Å². The number of carbonyl (C=O) groups is 3. The van der Waals surface area contributed by atoms with Gasteiger partial charge in [0.15, 0.2) is 0 Å². The number of aryl methyl sites for hydroxylation is 1. The van der Waals surface area contributed by atoms with Crippen LogP contribution < -0.4 is 9.64 Å². The maximum absolute atomic E-state index is 13.7. The van der Waals surface area contributed by atoms with Crippen molar-refractivity contribution < 1.29 is 19.1 Å². The van der Waals surface area contributed by atoms with Crippen molar-refractivity contribution in [3.63, 3.8) is 0 Å². The topological polar surface area (TPSA) is 66.9 Å². The van der Waals surface area contributed by atoms with Gasteiger partial charge < -0.3 is 9.64 Å². The van der Waals surface area contributed by atoms with Crippen molar-refractivity contribution in [3.05, 3.63) is 88.2 Å². The number of imide groups is 1. The number of fused-ring (bicyclic) bond motifs is 1. The van der Waals surface area contributed by atoms with Gasteiger partial charge in [-0.15, -0.1) is 0 Å². The van der Waals surface area contributed by atoms with Crippen LogP contribution in [0.25, 0.3) is 0 Å². The van der Waals surface area contributed by atoms with E-state index in [0.717, 1.165) is 10.5 Å². The third kappa shape index (κ3) is 3.94. The smallest absolute Gasteiger partial charge is 0.264 e. The number of methoxy groups -OCH3 is 1. The first kappa shape index (κ1) is 26.6. The van der Waals surface area contributed by atoms with E-state index in [1.165, 1.54) is 12.0 Å². The summed E-state index contributed by atoms with van der Waals surface area (Å²) >= 11 is 34.7. The van der Waals surface area contributed by atoms with Crippen LogP contribution in [0, 0.1) is 6.92 Å². The van der Waals surface area contributed by atoms with Gasteiger partial charge in [-0.3, -0.25) is 19.3 Å². The summed E-state index contributed by atoms with van der Waals surface area (Å²) in [6, 6.07) is 8.37. The highest BCUT2D eigenvalue weighted by atomic mass is 79.9. The summed E-state index contributed by atoms with van der Waals surface area (Å²) in [5.74, 6) is -1.66. The van der Waals surface area contributed by atoms with Crippen LogP contribution in [0.3, 0.4) is 0 Å². The van der Waals surface area contributed by atoms with Gasteiger partial charge in [-0.2, -0.15) is 0 Å². The summed E-state index contributed by atoms with van der Waals surface area (Å²) in [7, 11) is 1.49. The van der Waals surface area contributed by atoms with Crippen molar-refractivity contribution in [3.8, 4) is 5.75 Å². The summed E-state index contributed by atoms with van der Waals surface area (Å²) in [5.41, 5.74) is 1.47. The Labute approximate surface area is 245 Å². The van der Waals surface area contributed by atoms with Crippen LogP contribution in [-0.2, 0) is 4.79 Å². The van der Waals surface area contributed by atoms with Gasteiger partial charge in [0.2, 0.25) is 0 Å². The van der Waals surface area contributed by atoms with Gasteiger partial charge in [0, 0.05) is 20.7 Å². The van der Waals surface area contributed by atoms with E-state index in [2.05, 4.69) is 15.9 Å². The lowest BCUT2D eigenvalue weighted by Crippen LogP contribution is -2.67. The maximum atomic E-state index is 13.7. The van der Waals surface area contributed by atoms with Crippen LogP contribution >= 0.6 is 73.9 Å². The molecular formula is C25H14BrCl5N2O4. The number of hydrogen-bond acceptors (Lipinski definition) is 4. The van der Waals surface area contributed by atoms with E-state index in [1.54, 1.807) is 36.4 Å². The zero-order valence-electron chi connectivity index (χ0n) is 18.9. The van der Waals surface area contributed by atoms with Crippen LogP contribution in [0.4, 0.5) is 5.69 Å². The number of rotatable bonds is 4. The third-order valence-electron chi connectivity index (χ3n) is 6.42. The van der Waals surface area contributed by atoms with E-state index in [4.69, 9.17) is 62.7 Å². The Bertz CT molecular complexity index is 1500. The van der Waals surface area contributed by atoms with Gasteiger partial charge >= 0.3 is 0 Å². The molecule has 0 bridgehead atoms.